The summed E-state index contributed by atoms with van der Waals surface area (Å²) in [6.45, 7) is -0.125. The number of carbonyl (C=O) groups is 1. The molecular formula is C16H21N3O5. The molecule has 2 N–H and O–H groups in total. The minimum absolute atomic E-state index is 0.104. The molecule has 1 amide bonds. The van der Waals surface area contributed by atoms with Gasteiger partial charge in [-0.2, -0.15) is 0 Å². The number of carbonyl (C=O) groups excluding carboxylic acids is 1. The zero-order chi connectivity index (χ0) is 17.1. The van der Waals surface area contributed by atoms with Crippen LogP contribution in [-0.2, 0) is 4.79 Å². The van der Waals surface area contributed by atoms with Gasteiger partial charge in [0.05, 0.1) is 12.0 Å². The zero-order valence-electron chi connectivity index (χ0n) is 13.5. The van der Waals surface area contributed by atoms with Crippen molar-refractivity contribution < 1.29 is 19.2 Å². The summed E-state index contributed by atoms with van der Waals surface area (Å²) in [6.07, 6.45) is 4.26. The molecule has 0 aromatic heterocycles. The molecule has 2 saturated heterocycles. The zero-order valence-corrected chi connectivity index (χ0v) is 13.5. The number of benzene rings is 1. The molecule has 1 aromatic carbocycles. The predicted molar refractivity (Wildman–Crippen MR) is 86.3 cm³/mol. The number of nitro groups is 1. The van der Waals surface area contributed by atoms with Gasteiger partial charge in [0, 0.05) is 30.3 Å². The average molecular weight is 335 g/mol. The van der Waals surface area contributed by atoms with Crippen molar-refractivity contribution in [1.29, 1.82) is 0 Å². The summed E-state index contributed by atoms with van der Waals surface area (Å²) < 4.78 is 10.4. The third-order valence-corrected chi connectivity index (χ3v) is 4.56. The van der Waals surface area contributed by atoms with Crippen LogP contribution in [0.15, 0.2) is 18.2 Å². The van der Waals surface area contributed by atoms with Crippen molar-refractivity contribution >= 4 is 11.6 Å². The summed E-state index contributed by atoms with van der Waals surface area (Å²) in [6, 6.07) is 5.37. The Morgan fingerprint density at radius 3 is 2.71 bits per heavy atom. The van der Waals surface area contributed by atoms with Crippen molar-refractivity contribution in [1.82, 2.24) is 10.6 Å². The van der Waals surface area contributed by atoms with E-state index in [0.717, 1.165) is 12.8 Å². The normalized spacial score (nSPS) is 25.1. The summed E-state index contributed by atoms with van der Waals surface area (Å²) in [7, 11) is 1.35. The fourth-order valence-corrected chi connectivity index (χ4v) is 3.49. The van der Waals surface area contributed by atoms with Crippen LogP contribution in [-0.4, -0.2) is 42.7 Å². The van der Waals surface area contributed by atoms with E-state index in [2.05, 4.69) is 10.6 Å². The molecule has 2 heterocycles. The number of amides is 1. The number of piperidine rings is 1. The number of ether oxygens (including phenoxy) is 2. The highest BCUT2D eigenvalue weighted by Gasteiger charge is 2.33. The minimum atomic E-state index is -0.527. The van der Waals surface area contributed by atoms with Crippen molar-refractivity contribution in [2.24, 2.45) is 0 Å². The van der Waals surface area contributed by atoms with Crippen molar-refractivity contribution in [3.63, 3.8) is 0 Å². The fourth-order valence-electron chi connectivity index (χ4n) is 3.49. The number of fused-ring (bicyclic) bond motifs is 2. The van der Waals surface area contributed by atoms with Crippen LogP contribution in [0.3, 0.4) is 0 Å². The van der Waals surface area contributed by atoms with E-state index >= 15 is 0 Å². The predicted octanol–water partition coefficient (Wildman–Crippen LogP) is 1.38. The highest BCUT2D eigenvalue weighted by molar-refractivity contribution is 5.77. The minimum Gasteiger partial charge on any atom is -0.490 e. The molecule has 0 radical (unpaired) electrons. The second-order valence-corrected chi connectivity index (χ2v) is 6.25. The van der Waals surface area contributed by atoms with Gasteiger partial charge in [0.2, 0.25) is 5.75 Å². The van der Waals surface area contributed by atoms with Gasteiger partial charge in [-0.3, -0.25) is 14.9 Å². The summed E-state index contributed by atoms with van der Waals surface area (Å²) in [4.78, 5) is 22.4. The lowest BCUT2D eigenvalue weighted by Crippen LogP contribution is -2.48. The van der Waals surface area contributed by atoms with Gasteiger partial charge in [-0.25, -0.2) is 0 Å². The molecule has 2 unspecified atom stereocenters. The number of nitro benzene ring substituents is 1. The van der Waals surface area contributed by atoms with Crippen LogP contribution in [0.1, 0.15) is 25.7 Å². The van der Waals surface area contributed by atoms with Gasteiger partial charge in [-0.15, -0.1) is 0 Å². The molecule has 2 atom stereocenters. The van der Waals surface area contributed by atoms with E-state index in [1.54, 1.807) is 0 Å². The lowest BCUT2D eigenvalue weighted by atomic mass is 10.00. The maximum Gasteiger partial charge on any atom is 0.311 e. The molecular weight excluding hydrogens is 314 g/mol. The van der Waals surface area contributed by atoms with Gasteiger partial charge in [0.25, 0.3) is 5.91 Å². The van der Waals surface area contributed by atoms with Crippen LogP contribution in [0.5, 0.6) is 11.5 Å². The first-order valence-corrected chi connectivity index (χ1v) is 8.06. The average Bonchev–Trinajstić information content (AvgIpc) is 2.91. The number of nitrogens with zero attached hydrogens (tertiary/aromatic N) is 1. The molecule has 8 nitrogen and oxygen atoms in total. The van der Waals surface area contributed by atoms with Gasteiger partial charge in [0.1, 0.15) is 5.75 Å². The van der Waals surface area contributed by atoms with E-state index in [-0.39, 0.29) is 30.0 Å². The summed E-state index contributed by atoms with van der Waals surface area (Å²) >= 11 is 0. The Morgan fingerprint density at radius 1 is 1.38 bits per heavy atom. The third kappa shape index (κ3) is 3.76. The number of methoxy groups -OCH3 is 1. The van der Waals surface area contributed by atoms with Crippen LogP contribution < -0.4 is 20.1 Å². The smallest absolute Gasteiger partial charge is 0.311 e. The monoisotopic (exact) mass is 335 g/mol. The van der Waals surface area contributed by atoms with Crippen LogP contribution in [0.25, 0.3) is 0 Å². The Balaban J connectivity index is 1.52. The molecule has 0 aliphatic carbocycles. The lowest BCUT2D eigenvalue weighted by Gasteiger charge is -2.29. The largest absolute Gasteiger partial charge is 0.490 e. The first-order chi connectivity index (χ1) is 11.5. The molecule has 2 aliphatic heterocycles. The van der Waals surface area contributed by atoms with Gasteiger partial charge >= 0.3 is 5.69 Å². The van der Waals surface area contributed by atoms with E-state index in [0.29, 0.717) is 17.8 Å². The fraction of sp³-hybridized carbons (Fsp3) is 0.562. The van der Waals surface area contributed by atoms with Crippen molar-refractivity contribution in [3.05, 3.63) is 28.3 Å². The maximum absolute atomic E-state index is 12.1. The van der Waals surface area contributed by atoms with Gasteiger partial charge in [0.15, 0.2) is 6.61 Å². The third-order valence-electron chi connectivity index (χ3n) is 4.56. The Hall–Kier alpha value is -2.35. The number of rotatable bonds is 6. The number of hydrogen-bond acceptors (Lipinski definition) is 6. The van der Waals surface area contributed by atoms with E-state index in [1.807, 2.05) is 0 Å². The molecule has 130 valence electrons. The maximum atomic E-state index is 12.1. The summed E-state index contributed by atoms with van der Waals surface area (Å²) in [5, 5.41) is 17.4. The Bertz CT molecular complexity index is 624. The van der Waals surface area contributed by atoms with Crippen LogP contribution in [0.4, 0.5) is 5.69 Å². The van der Waals surface area contributed by atoms with Crippen LogP contribution >= 0.6 is 0 Å². The quantitative estimate of drug-likeness (QED) is 0.601. The number of nitrogens with one attached hydrogen (secondary N) is 2. The molecule has 24 heavy (non-hydrogen) atoms. The Kier molecular flexibility index (Phi) is 4.84. The van der Waals surface area contributed by atoms with Crippen LogP contribution in [0.2, 0.25) is 0 Å². The van der Waals surface area contributed by atoms with Gasteiger partial charge in [-0.1, -0.05) is 0 Å². The Labute approximate surface area is 139 Å². The molecule has 8 heteroatoms. The van der Waals surface area contributed by atoms with E-state index in [1.165, 1.54) is 38.2 Å². The first-order valence-electron chi connectivity index (χ1n) is 8.06. The SMILES string of the molecule is COc1cc(OCC(=O)NC2CC3CCC(C2)N3)ccc1[N+](=O)[O-]. The van der Waals surface area contributed by atoms with Gasteiger partial charge in [-0.05, 0) is 31.7 Å². The molecule has 0 saturated carbocycles. The second-order valence-electron chi connectivity index (χ2n) is 6.25. The van der Waals surface area contributed by atoms with Gasteiger partial charge < -0.3 is 20.1 Å². The summed E-state index contributed by atoms with van der Waals surface area (Å²) in [5.74, 6) is 0.282. The molecule has 0 spiro atoms. The van der Waals surface area contributed by atoms with Crippen molar-refractivity contribution in [2.45, 2.75) is 43.8 Å². The lowest BCUT2D eigenvalue weighted by molar-refractivity contribution is -0.385. The molecule has 2 bridgehead atoms. The van der Waals surface area contributed by atoms with Crippen LogP contribution in [0, 0.1) is 10.1 Å². The molecule has 3 rings (SSSR count). The molecule has 2 aliphatic rings. The molecule has 2 fully saturated rings. The van der Waals surface area contributed by atoms with Crippen molar-refractivity contribution in [2.75, 3.05) is 13.7 Å². The first kappa shape index (κ1) is 16.5. The summed E-state index contributed by atoms with van der Waals surface area (Å²) in [5.41, 5.74) is -0.139. The molecule has 1 aromatic rings. The second kappa shape index (κ2) is 7.04. The van der Waals surface area contributed by atoms with E-state index in [4.69, 9.17) is 9.47 Å². The van der Waals surface area contributed by atoms with E-state index in [9.17, 15) is 14.9 Å². The number of hydrogen-bond donors (Lipinski definition) is 2. The Morgan fingerprint density at radius 2 is 2.08 bits per heavy atom. The highest BCUT2D eigenvalue weighted by atomic mass is 16.6. The standard InChI is InChI=1S/C16H21N3O5/c1-23-15-8-13(4-5-14(15)19(21)22)24-9-16(20)18-12-6-10-2-3-11(7-12)17-10/h4-5,8,10-12,17H,2-3,6-7,9H2,1H3,(H,18,20). The van der Waals surface area contributed by atoms with E-state index < -0.39 is 4.92 Å². The van der Waals surface area contributed by atoms with Crippen molar-refractivity contribution in [3.8, 4) is 11.5 Å². The highest BCUT2D eigenvalue weighted by Crippen LogP contribution is 2.31. The topological polar surface area (TPSA) is 103 Å².